The maximum atomic E-state index is 13.0. The van der Waals surface area contributed by atoms with Gasteiger partial charge in [0, 0.05) is 11.6 Å². The summed E-state index contributed by atoms with van der Waals surface area (Å²) in [7, 11) is 2.94. The topological polar surface area (TPSA) is 82.8 Å². The molecular weight excluding hydrogens is 439 g/mol. The Morgan fingerprint density at radius 2 is 1.76 bits per heavy atom. The molecule has 11 heteroatoms. The molecule has 0 spiro atoms. The zero-order chi connectivity index (χ0) is 23.6. The third kappa shape index (κ3) is 4.76. The molecule has 0 amide bonds. The van der Waals surface area contributed by atoms with E-state index in [0.717, 1.165) is 11.6 Å². The van der Waals surface area contributed by atoms with Crippen LogP contribution in [0, 0.1) is 0 Å². The van der Waals surface area contributed by atoms with Gasteiger partial charge in [-0.3, -0.25) is 4.40 Å². The number of benzene rings is 2. The van der Waals surface area contributed by atoms with Crippen molar-refractivity contribution in [3.8, 4) is 28.5 Å². The molecule has 0 saturated heterocycles. The summed E-state index contributed by atoms with van der Waals surface area (Å²) < 4.78 is 55.2. The monoisotopic (exact) mass is 459 g/mol. The summed E-state index contributed by atoms with van der Waals surface area (Å²) in [5, 5.41) is 11.6. The molecule has 172 valence electrons. The quantitative estimate of drug-likeness (QED) is 0.422. The van der Waals surface area contributed by atoms with Crippen molar-refractivity contribution < 1.29 is 27.4 Å². The molecule has 1 atom stereocenters. The van der Waals surface area contributed by atoms with E-state index in [1.54, 1.807) is 11.5 Å². The first-order valence-corrected chi connectivity index (χ1v) is 9.82. The van der Waals surface area contributed by atoms with Crippen LogP contribution in [0.4, 0.5) is 19.1 Å². The zero-order valence-corrected chi connectivity index (χ0v) is 17.9. The summed E-state index contributed by atoms with van der Waals surface area (Å²) in [6.07, 6.45) is -1.90. The second kappa shape index (κ2) is 8.85. The molecule has 0 aliphatic carbocycles. The average molecular weight is 459 g/mol. The van der Waals surface area contributed by atoms with Crippen molar-refractivity contribution in [2.45, 2.75) is 19.3 Å². The van der Waals surface area contributed by atoms with Crippen molar-refractivity contribution in [3.05, 3.63) is 60.6 Å². The maximum Gasteiger partial charge on any atom is 0.573 e. The van der Waals surface area contributed by atoms with E-state index in [4.69, 9.17) is 9.47 Å². The molecule has 0 bridgehead atoms. The van der Waals surface area contributed by atoms with Gasteiger partial charge in [0.25, 0.3) is 0 Å². The van der Waals surface area contributed by atoms with E-state index in [1.165, 1.54) is 31.8 Å². The number of aromatic nitrogens is 4. The summed E-state index contributed by atoms with van der Waals surface area (Å²) in [4.78, 5) is 4.13. The third-order valence-electron chi connectivity index (χ3n) is 4.96. The van der Waals surface area contributed by atoms with Gasteiger partial charge in [-0.2, -0.15) is 0 Å². The van der Waals surface area contributed by atoms with E-state index in [1.807, 2.05) is 31.2 Å². The number of alkyl halides is 3. The largest absolute Gasteiger partial charge is 0.573 e. The third-order valence-corrected chi connectivity index (χ3v) is 4.96. The Bertz CT molecular complexity index is 1280. The van der Waals surface area contributed by atoms with Crippen molar-refractivity contribution in [2.24, 2.45) is 0 Å². The van der Waals surface area contributed by atoms with Crippen LogP contribution < -0.4 is 19.5 Å². The fraction of sp³-hybridized carbons (Fsp3) is 0.227. The molecule has 0 aliphatic heterocycles. The Kier molecular flexibility index (Phi) is 5.95. The molecule has 4 rings (SSSR count). The van der Waals surface area contributed by atoms with Crippen LogP contribution in [0.15, 0.2) is 55.0 Å². The van der Waals surface area contributed by atoms with Gasteiger partial charge < -0.3 is 19.5 Å². The Balaban J connectivity index is 1.73. The van der Waals surface area contributed by atoms with Gasteiger partial charge in [0.05, 0.1) is 32.0 Å². The number of nitrogens with one attached hydrogen (secondary N) is 1. The van der Waals surface area contributed by atoms with Crippen molar-refractivity contribution in [1.29, 1.82) is 0 Å². The Morgan fingerprint density at radius 1 is 1.00 bits per heavy atom. The van der Waals surface area contributed by atoms with E-state index < -0.39 is 12.1 Å². The van der Waals surface area contributed by atoms with Gasteiger partial charge in [-0.25, -0.2) is 4.98 Å². The number of anilines is 1. The minimum Gasteiger partial charge on any atom is -0.497 e. The van der Waals surface area contributed by atoms with Gasteiger partial charge in [-0.05, 0) is 36.8 Å². The molecule has 4 aromatic rings. The second-order valence-electron chi connectivity index (χ2n) is 7.07. The molecule has 1 unspecified atom stereocenters. The molecule has 8 nitrogen and oxygen atoms in total. The smallest absolute Gasteiger partial charge is 0.497 e. The highest BCUT2D eigenvalue weighted by atomic mass is 19.4. The van der Waals surface area contributed by atoms with Crippen LogP contribution in [-0.4, -0.2) is 40.2 Å². The predicted octanol–water partition coefficient (Wildman–Crippen LogP) is 4.88. The molecule has 0 fully saturated rings. The van der Waals surface area contributed by atoms with Gasteiger partial charge in [0.15, 0.2) is 0 Å². The lowest BCUT2D eigenvalue weighted by Crippen LogP contribution is -2.18. The van der Waals surface area contributed by atoms with Gasteiger partial charge in [0.2, 0.25) is 5.95 Å². The minimum absolute atomic E-state index is 0.0959. The van der Waals surface area contributed by atoms with Crippen molar-refractivity contribution >= 4 is 11.5 Å². The Morgan fingerprint density at radius 3 is 2.48 bits per heavy atom. The summed E-state index contributed by atoms with van der Waals surface area (Å²) in [6.45, 7) is 1.94. The van der Waals surface area contributed by atoms with Crippen molar-refractivity contribution in [3.63, 3.8) is 0 Å². The zero-order valence-electron chi connectivity index (χ0n) is 17.9. The summed E-state index contributed by atoms with van der Waals surface area (Å²) >= 11 is 0. The lowest BCUT2D eigenvalue weighted by Gasteiger charge is -2.18. The van der Waals surface area contributed by atoms with E-state index in [9.17, 15) is 13.2 Å². The number of methoxy groups -OCH3 is 2. The standard InChI is InChI=1S/C22H20F3N5O3/c1-13(14-5-4-6-15(9-14)31-2)27-21-29-28-20(18-11-26-12-30(18)21)17-8-7-16(32-3)10-19(17)33-22(23,24)25/h4-13H,1-3H3,(H,27,29). The molecular formula is C22H20F3N5O3. The summed E-state index contributed by atoms with van der Waals surface area (Å²) in [5.41, 5.74) is 1.67. The number of fused-ring (bicyclic) bond motifs is 1. The molecule has 0 radical (unpaired) electrons. The van der Waals surface area contributed by atoms with Crippen molar-refractivity contribution in [1.82, 2.24) is 19.6 Å². The number of hydrogen-bond donors (Lipinski definition) is 1. The highest BCUT2D eigenvalue weighted by molar-refractivity contribution is 5.81. The lowest BCUT2D eigenvalue weighted by molar-refractivity contribution is -0.274. The molecule has 2 aromatic carbocycles. The number of rotatable bonds is 7. The van der Waals surface area contributed by atoms with Crippen LogP contribution in [0.25, 0.3) is 16.8 Å². The molecule has 0 saturated carbocycles. The maximum absolute atomic E-state index is 13.0. The summed E-state index contributed by atoms with van der Waals surface area (Å²) in [5.74, 6) is 0.839. The highest BCUT2D eigenvalue weighted by Crippen LogP contribution is 2.37. The molecule has 1 N–H and O–H groups in total. The number of nitrogens with zero attached hydrogens (tertiary/aromatic N) is 4. The van der Waals surface area contributed by atoms with Crippen LogP contribution in [0.1, 0.15) is 18.5 Å². The van der Waals surface area contributed by atoms with Gasteiger partial charge in [0.1, 0.15) is 29.3 Å². The first-order chi connectivity index (χ1) is 15.8. The fourth-order valence-electron chi connectivity index (χ4n) is 3.35. The Hall–Kier alpha value is -4.02. The van der Waals surface area contributed by atoms with Gasteiger partial charge in [-0.1, -0.05) is 12.1 Å². The number of ether oxygens (including phenoxy) is 3. The van der Waals surface area contributed by atoms with Crippen LogP contribution in [-0.2, 0) is 0 Å². The average Bonchev–Trinajstić information content (AvgIpc) is 3.29. The first kappa shape index (κ1) is 22.2. The SMILES string of the molecule is COc1cccc(C(C)Nc2nnc(-c3ccc(OC)cc3OC(F)(F)F)c3cncn23)c1. The van der Waals surface area contributed by atoms with Crippen LogP contribution in [0.2, 0.25) is 0 Å². The second-order valence-corrected chi connectivity index (χ2v) is 7.07. The number of halogens is 3. The van der Waals surface area contributed by atoms with Crippen LogP contribution >= 0.6 is 0 Å². The van der Waals surface area contributed by atoms with E-state index in [2.05, 4.69) is 25.2 Å². The van der Waals surface area contributed by atoms with Gasteiger partial charge in [-0.15, -0.1) is 23.4 Å². The predicted molar refractivity (Wildman–Crippen MR) is 114 cm³/mol. The Labute approximate surface area is 187 Å². The van der Waals surface area contributed by atoms with Crippen LogP contribution in [0.3, 0.4) is 0 Å². The minimum atomic E-state index is -4.89. The number of hydrogen-bond acceptors (Lipinski definition) is 7. The van der Waals surface area contributed by atoms with Gasteiger partial charge >= 0.3 is 6.36 Å². The van der Waals surface area contributed by atoms with E-state index in [0.29, 0.717) is 17.2 Å². The molecule has 0 aliphatic rings. The molecule has 2 heterocycles. The van der Waals surface area contributed by atoms with E-state index in [-0.39, 0.29) is 23.0 Å². The molecule has 33 heavy (non-hydrogen) atoms. The lowest BCUT2D eigenvalue weighted by atomic mass is 10.1. The summed E-state index contributed by atoms with van der Waals surface area (Å²) in [6, 6.07) is 11.5. The fourth-order valence-corrected chi connectivity index (χ4v) is 3.35. The van der Waals surface area contributed by atoms with Crippen molar-refractivity contribution in [2.75, 3.05) is 19.5 Å². The number of imidazole rings is 1. The highest BCUT2D eigenvalue weighted by Gasteiger charge is 2.33. The first-order valence-electron chi connectivity index (χ1n) is 9.82. The van der Waals surface area contributed by atoms with E-state index >= 15 is 0 Å². The normalized spacial score (nSPS) is 12.4. The molecule has 2 aromatic heterocycles. The van der Waals surface area contributed by atoms with Crippen LogP contribution in [0.5, 0.6) is 17.2 Å².